The van der Waals surface area contributed by atoms with Gasteiger partial charge < -0.3 is 16.8 Å². The van der Waals surface area contributed by atoms with Crippen LogP contribution in [0.4, 0.5) is 0 Å². The number of primary amides is 1. The number of nitrogens with one attached hydrogen (secondary N) is 1. The Kier molecular flexibility index (Phi) is 3.42. The summed E-state index contributed by atoms with van der Waals surface area (Å²) in [4.78, 5) is 20.8. The maximum absolute atomic E-state index is 10.6. The first-order chi connectivity index (χ1) is 4.57. The number of hydrogen-bond acceptors (Lipinski definition) is 3. The monoisotopic (exact) mass is 145 g/mol. The maximum atomic E-state index is 10.6. The van der Waals surface area contributed by atoms with E-state index in [1.165, 1.54) is 7.05 Å². The molecule has 5 heteroatoms. The third-order valence-electron chi connectivity index (χ3n) is 1.00. The Hall–Kier alpha value is -1.10. The Balaban J connectivity index is 3.72. The van der Waals surface area contributed by atoms with E-state index >= 15 is 0 Å². The van der Waals surface area contributed by atoms with Crippen molar-refractivity contribution in [3.05, 3.63) is 0 Å². The lowest BCUT2D eigenvalue weighted by Crippen LogP contribution is -2.41. The summed E-state index contributed by atoms with van der Waals surface area (Å²) >= 11 is 0. The average Bonchev–Trinajstić information content (AvgIpc) is 1.85. The highest BCUT2D eigenvalue weighted by Gasteiger charge is 2.13. The molecule has 0 saturated carbocycles. The van der Waals surface area contributed by atoms with E-state index in [0.717, 1.165) is 0 Å². The lowest BCUT2D eigenvalue weighted by atomic mass is 10.2. The number of rotatable bonds is 3. The van der Waals surface area contributed by atoms with E-state index in [9.17, 15) is 9.59 Å². The molecule has 0 rings (SSSR count). The zero-order valence-electron chi connectivity index (χ0n) is 5.76. The van der Waals surface area contributed by atoms with Gasteiger partial charge in [0.15, 0.2) is 0 Å². The average molecular weight is 145 g/mol. The van der Waals surface area contributed by atoms with E-state index in [4.69, 9.17) is 11.5 Å². The summed E-state index contributed by atoms with van der Waals surface area (Å²) in [6, 6.07) is -0.817. The molecule has 10 heavy (non-hydrogen) atoms. The van der Waals surface area contributed by atoms with E-state index in [1.807, 2.05) is 0 Å². The van der Waals surface area contributed by atoms with Gasteiger partial charge in [0.05, 0.1) is 12.5 Å². The van der Waals surface area contributed by atoms with Gasteiger partial charge in [-0.05, 0) is 0 Å². The van der Waals surface area contributed by atoms with Crippen molar-refractivity contribution in [1.82, 2.24) is 5.32 Å². The lowest BCUT2D eigenvalue weighted by Gasteiger charge is -2.05. The number of carbonyl (C=O) groups excluding carboxylic acids is 2. The van der Waals surface area contributed by atoms with Crippen LogP contribution in [0.5, 0.6) is 0 Å². The van der Waals surface area contributed by atoms with Crippen LogP contribution in [0.1, 0.15) is 6.42 Å². The smallest absolute Gasteiger partial charge is 0.237 e. The molecular weight excluding hydrogens is 134 g/mol. The van der Waals surface area contributed by atoms with E-state index in [2.05, 4.69) is 5.32 Å². The molecule has 0 bridgehead atoms. The van der Waals surface area contributed by atoms with Gasteiger partial charge in [0, 0.05) is 7.05 Å². The van der Waals surface area contributed by atoms with E-state index < -0.39 is 11.9 Å². The molecule has 0 spiro atoms. The topological polar surface area (TPSA) is 98.2 Å². The molecule has 0 aliphatic carbocycles. The van der Waals surface area contributed by atoms with Crippen molar-refractivity contribution < 1.29 is 9.59 Å². The van der Waals surface area contributed by atoms with Crippen LogP contribution in [0.25, 0.3) is 0 Å². The summed E-state index contributed by atoms with van der Waals surface area (Å²) in [5, 5.41) is 2.30. The van der Waals surface area contributed by atoms with Crippen molar-refractivity contribution in [2.45, 2.75) is 12.5 Å². The SMILES string of the molecule is CNC(=O)C(N)CC(N)=O. The highest BCUT2D eigenvalue weighted by Crippen LogP contribution is 1.84. The molecule has 0 saturated heterocycles. The first kappa shape index (κ1) is 8.90. The van der Waals surface area contributed by atoms with Gasteiger partial charge in [0.1, 0.15) is 0 Å². The van der Waals surface area contributed by atoms with Crippen LogP contribution in [-0.4, -0.2) is 24.9 Å². The largest absolute Gasteiger partial charge is 0.370 e. The molecule has 1 unspecified atom stereocenters. The second kappa shape index (κ2) is 3.84. The Labute approximate surface area is 58.8 Å². The van der Waals surface area contributed by atoms with Gasteiger partial charge in [0.25, 0.3) is 0 Å². The predicted octanol–water partition coefficient (Wildman–Crippen LogP) is -2.06. The summed E-state index contributed by atoms with van der Waals surface area (Å²) in [6.45, 7) is 0. The molecule has 5 nitrogen and oxygen atoms in total. The van der Waals surface area contributed by atoms with Crippen molar-refractivity contribution in [2.75, 3.05) is 7.05 Å². The molecule has 58 valence electrons. The number of amides is 2. The quantitative estimate of drug-likeness (QED) is 0.425. The summed E-state index contributed by atoms with van der Waals surface area (Å²) in [5.74, 6) is -0.949. The number of hydrogen-bond donors (Lipinski definition) is 3. The third kappa shape index (κ3) is 3.03. The Morgan fingerprint density at radius 3 is 2.40 bits per heavy atom. The van der Waals surface area contributed by atoms with Crippen molar-refractivity contribution in [3.8, 4) is 0 Å². The highest BCUT2D eigenvalue weighted by atomic mass is 16.2. The molecule has 1 atom stereocenters. The second-order valence-corrected chi connectivity index (χ2v) is 1.89. The van der Waals surface area contributed by atoms with Crippen molar-refractivity contribution in [3.63, 3.8) is 0 Å². The second-order valence-electron chi connectivity index (χ2n) is 1.89. The zero-order chi connectivity index (χ0) is 8.15. The fraction of sp³-hybridized carbons (Fsp3) is 0.600. The minimum atomic E-state index is -0.817. The zero-order valence-corrected chi connectivity index (χ0v) is 5.76. The number of nitrogens with two attached hydrogens (primary N) is 2. The Bertz CT molecular complexity index is 146. The van der Waals surface area contributed by atoms with Gasteiger partial charge in [-0.2, -0.15) is 0 Å². The Morgan fingerprint density at radius 2 is 2.10 bits per heavy atom. The molecule has 0 heterocycles. The molecule has 0 aromatic carbocycles. The van der Waals surface area contributed by atoms with Crippen LogP contribution in [0, 0.1) is 0 Å². The van der Waals surface area contributed by atoms with Gasteiger partial charge in [0.2, 0.25) is 11.8 Å². The number of carbonyl (C=O) groups is 2. The van der Waals surface area contributed by atoms with Crippen molar-refractivity contribution in [1.29, 1.82) is 0 Å². The van der Waals surface area contributed by atoms with Crippen LogP contribution in [0.2, 0.25) is 0 Å². The van der Waals surface area contributed by atoms with Crippen LogP contribution in [-0.2, 0) is 9.59 Å². The molecule has 0 radical (unpaired) electrons. The molecule has 0 aromatic rings. The first-order valence-electron chi connectivity index (χ1n) is 2.83. The standard InChI is InChI=1S/C5H11N3O2/c1-8-5(10)3(6)2-4(7)9/h3H,2,6H2,1H3,(H2,7,9)(H,8,10). The van der Waals surface area contributed by atoms with Crippen LogP contribution in [0.3, 0.4) is 0 Å². The molecule has 0 fully saturated rings. The van der Waals surface area contributed by atoms with E-state index in [1.54, 1.807) is 0 Å². The minimum absolute atomic E-state index is 0.111. The molecule has 0 aromatic heterocycles. The van der Waals surface area contributed by atoms with E-state index in [0.29, 0.717) is 0 Å². The summed E-state index contributed by atoms with van der Waals surface area (Å²) in [5.41, 5.74) is 10.0. The van der Waals surface area contributed by atoms with Gasteiger partial charge in [-0.15, -0.1) is 0 Å². The molecule has 0 aliphatic heterocycles. The van der Waals surface area contributed by atoms with E-state index in [-0.39, 0.29) is 12.3 Å². The van der Waals surface area contributed by atoms with Gasteiger partial charge in [-0.3, -0.25) is 9.59 Å². The van der Waals surface area contributed by atoms with Gasteiger partial charge in [-0.1, -0.05) is 0 Å². The predicted molar refractivity (Wildman–Crippen MR) is 35.9 cm³/mol. The van der Waals surface area contributed by atoms with Crippen LogP contribution < -0.4 is 16.8 Å². The highest BCUT2D eigenvalue weighted by molar-refractivity contribution is 5.87. The summed E-state index contributed by atoms with van der Waals surface area (Å²) in [6.07, 6.45) is -0.111. The summed E-state index contributed by atoms with van der Waals surface area (Å²) < 4.78 is 0. The number of likely N-dealkylation sites (N-methyl/N-ethyl adjacent to an activating group) is 1. The lowest BCUT2D eigenvalue weighted by molar-refractivity contribution is -0.126. The fourth-order valence-electron chi connectivity index (χ4n) is 0.495. The molecular formula is C5H11N3O2. The van der Waals surface area contributed by atoms with Crippen LogP contribution >= 0.6 is 0 Å². The summed E-state index contributed by atoms with van der Waals surface area (Å²) in [7, 11) is 1.45. The van der Waals surface area contributed by atoms with Crippen LogP contribution in [0.15, 0.2) is 0 Å². The Morgan fingerprint density at radius 1 is 1.60 bits per heavy atom. The fourth-order valence-corrected chi connectivity index (χ4v) is 0.495. The van der Waals surface area contributed by atoms with Crippen molar-refractivity contribution >= 4 is 11.8 Å². The molecule has 0 aliphatic rings. The normalized spacial score (nSPS) is 12.2. The van der Waals surface area contributed by atoms with Gasteiger partial charge >= 0.3 is 0 Å². The molecule has 5 N–H and O–H groups in total. The first-order valence-corrected chi connectivity index (χ1v) is 2.83. The van der Waals surface area contributed by atoms with Crippen molar-refractivity contribution in [2.24, 2.45) is 11.5 Å². The van der Waals surface area contributed by atoms with Gasteiger partial charge in [-0.25, -0.2) is 0 Å². The molecule has 2 amide bonds. The minimum Gasteiger partial charge on any atom is -0.370 e. The third-order valence-corrected chi connectivity index (χ3v) is 1.00. The maximum Gasteiger partial charge on any atom is 0.237 e.